The average molecular weight is 332 g/mol. The lowest BCUT2D eigenvalue weighted by atomic mass is 10.1. The number of hydrogen-bond donors (Lipinski definition) is 2. The molecule has 0 unspecified atom stereocenters. The Morgan fingerprint density at radius 1 is 1.12 bits per heavy atom. The summed E-state index contributed by atoms with van der Waals surface area (Å²) in [4.78, 5) is 0. The molecule has 0 amide bonds. The van der Waals surface area contributed by atoms with Gasteiger partial charge in [0.2, 0.25) is 0 Å². The Morgan fingerprint density at radius 2 is 1.88 bits per heavy atom. The first kappa shape index (κ1) is 13.9. The van der Waals surface area contributed by atoms with E-state index >= 15 is 0 Å². The Kier molecular flexibility index (Phi) is 7.00. The Hall–Kier alpha value is -0.130. The summed E-state index contributed by atoms with van der Waals surface area (Å²) in [7, 11) is 0. The van der Waals surface area contributed by atoms with Gasteiger partial charge < -0.3 is 10.6 Å². The minimum atomic E-state index is 0.966. The lowest BCUT2D eigenvalue weighted by molar-refractivity contribution is 0.606. The second-order valence-electron chi connectivity index (χ2n) is 3.97. The molecule has 2 nitrogen and oxygen atoms in total. The van der Waals surface area contributed by atoms with Gasteiger partial charge in [-0.2, -0.15) is 0 Å². The Labute approximate surface area is 112 Å². The van der Waals surface area contributed by atoms with E-state index in [9.17, 15) is 0 Å². The van der Waals surface area contributed by atoms with Gasteiger partial charge in [-0.1, -0.05) is 25.1 Å². The zero-order chi connectivity index (χ0) is 11.8. The zero-order valence-corrected chi connectivity index (χ0v) is 12.3. The monoisotopic (exact) mass is 332 g/mol. The van der Waals surface area contributed by atoms with Gasteiger partial charge in [0.25, 0.3) is 0 Å². The second kappa shape index (κ2) is 8.03. The molecule has 0 aliphatic heterocycles. The first-order valence-corrected chi connectivity index (χ1v) is 6.99. The van der Waals surface area contributed by atoms with Crippen LogP contribution in [-0.4, -0.2) is 19.6 Å². The topological polar surface area (TPSA) is 24.1 Å². The molecule has 1 aromatic rings. The van der Waals surface area contributed by atoms with Crippen molar-refractivity contribution in [1.82, 2.24) is 10.6 Å². The smallest absolute Gasteiger partial charge is 0.0216 e. The van der Waals surface area contributed by atoms with Crippen LogP contribution in [0.3, 0.4) is 0 Å². The summed E-state index contributed by atoms with van der Waals surface area (Å²) in [5.41, 5.74) is 2.76. The van der Waals surface area contributed by atoms with Gasteiger partial charge in [-0.3, -0.25) is 0 Å². The van der Waals surface area contributed by atoms with Crippen LogP contribution < -0.4 is 10.6 Å². The van der Waals surface area contributed by atoms with Crippen molar-refractivity contribution in [2.24, 2.45) is 0 Å². The third kappa shape index (κ3) is 4.80. The van der Waals surface area contributed by atoms with Crippen LogP contribution in [0.2, 0.25) is 0 Å². The van der Waals surface area contributed by atoms with Crippen molar-refractivity contribution in [2.45, 2.75) is 26.8 Å². The van der Waals surface area contributed by atoms with E-state index in [1.165, 1.54) is 21.1 Å². The Bertz CT molecular complexity index is 313. The highest BCUT2D eigenvalue weighted by Crippen LogP contribution is 2.16. The quantitative estimate of drug-likeness (QED) is 0.593. The van der Waals surface area contributed by atoms with Gasteiger partial charge in [0.15, 0.2) is 0 Å². The van der Waals surface area contributed by atoms with Crippen LogP contribution in [0.25, 0.3) is 0 Å². The standard InChI is InChI=1S/C13H21IN2/c1-3-7-15-8-9-16-10-12-6-4-5-11(2)13(12)14/h4-6,15-16H,3,7-10H2,1-2H3. The lowest BCUT2D eigenvalue weighted by Crippen LogP contribution is -2.27. The molecule has 0 radical (unpaired) electrons. The second-order valence-corrected chi connectivity index (χ2v) is 5.05. The van der Waals surface area contributed by atoms with Gasteiger partial charge in [-0.15, -0.1) is 0 Å². The highest BCUT2D eigenvalue weighted by atomic mass is 127. The molecule has 1 rings (SSSR count). The molecule has 3 heteroatoms. The molecule has 0 fully saturated rings. The highest BCUT2D eigenvalue weighted by Gasteiger charge is 2.00. The molecule has 0 aliphatic carbocycles. The SMILES string of the molecule is CCCNCCNCc1cccc(C)c1I. The third-order valence-corrected chi connectivity index (χ3v) is 4.04. The molecule has 0 heterocycles. The molecule has 0 atom stereocenters. The summed E-state index contributed by atoms with van der Waals surface area (Å²) < 4.78 is 1.38. The number of nitrogens with one attached hydrogen (secondary N) is 2. The van der Waals surface area contributed by atoms with Crippen LogP contribution in [0.1, 0.15) is 24.5 Å². The van der Waals surface area contributed by atoms with Crippen LogP contribution in [-0.2, 0) is 6.54 Å². The third-order valence-electron chi connectivity index (χ3n) is 2.49. The van der Waals surface area contributed by atoms with Crippen LogP contribution in [0.15, 0.2) is 18.2 Å². The van der Waals surface area contributed by atoms with Gasteiger partial charge in [0.05, 0.1) is 0 Å². The predicted molar refractivity (Wildman–Crippen MR) is 78.8 cm³/mol. The highest BCUT2D eigenvalue weighted by molar-refractivity contribution is 14.1. The van der Waals surface area contributed by atoms with Crippen molar-refractivity contribution in [3.63, 3.8) is 0 Å². The van der Waals surface area contributed by atoms with Crippen molar-refractivity contribution in [3.8, 4) is 0 Å². The summed E-state index contributed by atoms with van der Waals surface area (Å²) in [5.74, 6) is 0. The summed E-state index contributed by atoms with van der Waals surface area (Å²) in [6.07, 6.45) is 1.20. The summed E-state index contributed by atoms with van der Waals surface area (Å²) in [6, 6.07) is 6.49. The van der Waals surface area contributed by atoms with Crippen molar-refractivity contribution >= 4 is 22.6 Å². The first-order chi connectivity index (χ1) is 7.75. The van der Waals surface area contributed by atoms with E-state index in [0.29, 0.717) is 0 Å². The van der Waals surface area contributed by atoms with Crippen LogP contribution in [0.4, 0.5) is 0 Å². The number of rotatable bonds is 7. The summed E-state index contributed by atoms with van der Waals surface area (Å²) in [5, 5.41) is 6.84. The van der Waals surface area contributed by atoms with Crippen molar-refractivity contribution in [3.05, 3.63) is 32.9 Å². The molecule has 1 aromatic carbocycles. The molecule has 0 bridgehead atoms. The minimum Gasteiger partial charge on any atom is -0.315 e. The van der Waals surface area contributed by atoms with Crippen molar-refractivity contribution in [1.29, 1.82) is 0 Å². The maximum absolute atomic E-state index is 3.46. The summed E-state index contributed by atoms with van der Waals surface area (Å²) >= 11 is 2.42. The van der Waals surface area contributed by atoms with E-state index in [-0.39, 0.29) is 0 Å². The van der Waals surface area contributed by atoms with Crippen LogP contribution in [0.5, 0.6) is 0 Å². The van der Waals surface area contributed by atoms with E-state index in [0.717, 1.165) is 26.2 Å². The lowest BCUT2D eigenvalue weighted by Gasteiger charge is -2.09. The molecule has 0 saturated carbocycles. The zero-order valence-electron chi connectivity index (χ0n) is 10.1. The normalized spacial score (nSPS) is 10.7. The van der Waals surface area contributed by atoms with E-state index in [1.54, 1.807) is 0 Å². The fourth-order valence-electron chi connectivity index (χ4n) is 1.55. The van der Waals surface area contributed by atoms with E-state index in [1.807, 2.05) is 0 Å². The van der Waals surface area contributed by atoms with Crippen molar-refractivity contribution < 1.29 is 0 Å². The van der Waals surface area contributed by atoms with Crippen molar-refractivity contribution in [2.75, 3.05) is 19.6 Å². The molecule has 2 N–H and O–H groups in total. The minimum absolute atomic E-state index is 0.966. The predicted octanol–water partition coefficient (Wildman–Crippen LogP) is 2.69. The molecular formula is C13H21IN2. The maximum atomic E-state index is 3.46. The fraction of sp³-hybridized carbons (Fsp3) is 0.538. The number of aryl methyl sites for hydroxylation is 1. The van der Waals surface area contributed by atoms with E-state index in [2.05, 4.69) is 65.3 Å². The number of hydrogen-bond acceptors (Lipinski definition) is 2. The molecule has 16 heavy (non-hydrogen) atoms. The van der Waals surface area contributed by atoms with Crippen LogP contribution in [0, 0.1) is 10.5 Å². The summed E-state index contributed by atoms with van der Waals surface area (Å²) in [6.45, 7) is 8.52. The van der Waals surface area contributed by atoms with Gasteiger partial charge in [-0.05, 0) is 53.6 Å². The molecule has 0 aromatic heterocycles. The number of benzene rings is 1. The number of halogens is 1. The molecule has 0 saturated heterocycles. The first-order valence-electron chi connectivity index (χ1n) is 5.91. The maximum Gasteiger partial charge on any atom is 0.0216 e. The Balaban J connectivity index is 2.24. The van der Waals surface area contributed by atoms with Gasteiger partial charge in [-0.25, -0.2) is 0 Å². The van der Waals surface area contributed by atoms with Crippen LogP contribution >= 0.6 is 22.6 Å². The molecule has 0 spiro atoms. The van der Waals surface area contributed by atoms with E-state index < -0.39 is 0 Å². The van der Waals surface area contributed by atoms with E-state index in [4.69, 9.17) is 0 Å². The fourth-order valence-corrected chi connectivity index (χ4v) is 2.10. The average Bonchev–Trinajstić information content (AvgIpc) is 2.29. The van der Waals surface area contributed by atoms with Gasteiger partial charge >= 0.3 is 0 Å². The molecule has 90 valence electrons. The largest absolute Gasteiger partial charge is 0.315 e. The Morgan fingerprint density at radius 3 is 2.62 bits per heavy atom. The van der Waals surface area contributed by atoms with Gasteiger partial charge in [0.1, 0.15) is 0 Å². The van der Waals surface area contributed by atoms with Gasteiger partial charge in [0, 0.05) is 23.2 Å². The molecular weight excluding hydrogens is 311 g/mol. The molecule has 0 aliphatic rings.